The van der Waals surface area contributed by atoms with E-state index in [0.29, 0.717) is 34.2 Å². The summed E-state index contributed by atoms with van der Waals surface area (Å²) in [6, 6.07) is 23.0. The van der Waals surface area contributed by atoms with E-state index in [9.17, 15) is 9.59 Å². The highest BCUT2D eigenvalue weighted by Crippen LogP contribution is 2.34. The van der Waals surface area contributed by atoms with E-state index < -0.39 is 18.0 Å². The molecular weight excluding hydrogens is 440 g/mol. The summed E-state index contributed by atoms with van der Waals surface area (Å²) in [6.07, 6.45) is 0. The van der Waals surface area contributed by atoms with Crippen LogP contribution in [0.2, 0.25) is 5.02 Å². The van der Waals surface area contributed by atoms with Gasteiger partial charge in [0.1, 0.15) is 19.0 Å². The molecule has 168 valence electrons. The molecule has 0 saturated heterocycles. The molecule has 0 saturated carbocycles. The van der Waals surface area contributed by atoms with Crippen LogP contribution in [0.5, 0.6) is 5.75 Å². The van der Waals surface area contributed by atoms with Gasteiger partial charge in [-0.25, -0.2) is 9.59 Å². The highest BCUT2D eigenvalue weighted by atomic mass is 35.5. The molecule has 1 aliphatic heterocycles. The van der Waals surface area contributed by atoms with Crippen LogP contribution >= 0.6 is 11.6 Å². The standard InChI is InChI=1S/C26H23ClN2O4/c1-17-23(25(30)33-16-18-7-3-2-4-8-18)24(29-26(31)28-17)21-9-5-6-10-22(21)32-15-19-11-13-20(27)14-12-19/h2-14,24H,15-16H2,1H3,(H2,28,29,31). The van der Waals surface area contributed by atoms with Crippen molar-refractivity contribution >= 4 is 23.6 Å². The summed E-state index contributed by atoms with van der Waals surface area (Å²) in [7, 11) is 0. The first-order valence-corrected chi connectivity index (χ1v) is 10.8. The van der Waals surface area contributed by atoms with E-state index in [-0.39, 0.29) is 6.61 Å². The third kappa shape index (κ3) is 5.54. The highest BCUT2D eigenvalue weighted by molar-refractivity contribution is 6.30. The lowest BCUT2D eigenvalue weighted by Gasteiger charge is -2.29. The molecule has 0 bridgehead atoms. The van der Waals surface area contributed by atoms with Crippen molar-refractivity contribution in [2.24, 2.45) is 0 Å². The maximum absolute atomic E-state index is 13.1. The topological polar surface area (TPSA) is 76.7 Å². The van der Waals surface area contributed by atoms with Gasteiger partial charge in [-0.05, 0) is 36.2 Å². The van der Waals surface area contributed by atoms with Crippen LogP contribution < -0.4 is 15.4 Å². The summed E-state index contributed by atoms with van der Waals surface area (Å²) in [5.41, 5.74) is 3.24. The molecule has 1 aliphatic rings. The normalized spacial score (nSPS) is 15.5. The summed E-state index contributed by atoms with van der Waals surface area (Å²) >= 11 is 5.96. The molecule has 2 N–H and O–H groups in total. The van der Waals surface area contributed by atoms with Crippen molar-refractivity contribution in [2.75, 3.05) is 0 Å². The number of hydrogen-bond acceptors (Lipinski definition) is 4. The Balaban J connectivity index is 1.57. The Kier molecular flexibility index (Phi) is 6.95. The van der Waals surface area contributed by atoms with E-state index in [2.05, 4.69) is 10.6 Å². The molecule has 3 aromatic rings. The van der Waals surface area contributed by atoms with Crippen molar-refractivity contribution < 1.29 is 19.1 Å². The number of benzene rings is 3. The molecule has 4 rings (SSSR count). The van der Waals surface area contributed by atoms with Crippen molar-refractivity contribution in [3.8, 4) is 5.75 Å². The Bertz CT molecular complexity index is 1180. The fourth-order valence-corrected chi connectivity index (χ4v) is 3.72. The van der Waals surface area contributed by atoms with E-state index >= 15 is 0 Å². The first-order valence-electron chi connectivity index (χ1n) is 10.5. The fraction of sp³-hybridized carbons (Fsp3) is 0.154. The number of rotatable bonds is 7. The number of halogens is 1. The molecule has 6 nitrogen and oxygen atoms in total. The lowest BCUT2D eigenvalue weighted by Crippen LogP contribution is -2.45. The Hall–Kier alpha value is -3.77. The summed E-state index contributed by atoms with van der Waals surface area (Å²) in [6.45, 7) is 2.12. The molecular formula is C26H23ClN2O4. The molecule has 3 aromatic carbocycles. The monoisotopic (exact) mass is 462 g/mol. The van der Waals surface area contributed by atoms with Crippen molar-refractivity contribution in [1.82, 2.24) is 10.6 Å². The minimum absolute atomic E-state index is 0.131. The average Bonchev–Trinajstić information content (AvgIpc) is 2.82. The average molecular weight is 463 g/mol. The van der Waals surface area contributed by atoms with Gasteiger partial charge in [0, 0.05) is 16.3 Å². The van der Waals surface area contributed by atoms with Gasteiger partial charge in [-0.3, -0.25) is 0 Å². The van der Waals surface area contributed by atoms with Gasteiger partial charge in [-0.1, -0.05) is 72.3 Å². The second-order valence-electron chi connectivity index (χ2n) is 7.58. The second kappa shape index (κ2) is 10.2. The summed E-state index contributed by atoms with van der Waals surface area (Å²) < 4.78 is 11.6. The number of ether oxygens (including phenoxy) is 2. The van der Waals surface area contributed by atoms with Crippen LogP contribution in [-0.4, -0.2) is 12.0 Å². The number of para-hydroxylation sites is 1. The number of carbonyl (C=O) groups is 2. The van der Waals surface area contributed by atoms with Gasteiger partial charge in [0.15, 0.2) is 0 Å². The number of carbonyl (C=O) groups excluding carboxylic acids is 2. The predicted molar refractivity (Wildman–Crippen MR) is 126 cm³/mol. The molecule has 0 radical (unpaired) electrons. The SMILES string of the molecule is CC1=C(C(=O)OCc2ccccc2)C(c2ccccc2OCc2ccc(Cl)cc2)NC(=O)N1. The van der Waals surface area contributed by atoms with E-state index in [1.54, 1.807) is 19.1 Å². The number of allylic oxidation sites excluding steroid dienone is 1. The van der Waals surface area contributed by atoms with Gasteiger partial charge < -0.3 is 20.1 Å². The second-order valence-corrected chi connectivity index (χ2v) is 8.02. The van der Waals surface area contributed by atoms with E-state index in [0.717, 1.165) is 11.1 Å². The van der Waals surface area contributed by atoms with Crippen molar-refractivity contribution in [2.45, 2.75) is 26.2 Å². The minimum Gasteiger partial charge on any atom is -0.489 e. The van der Waals surface area contributed by atoms with Crippen molar-refractivity contribution in [3.63, 3.8) is 0 Å². The minimum atomic E-state index is -0.719. The first kappa shape index (κ1) is 22.4. The fourth-order valence-electron chi connectivity index (χ4n) is 3.59. The molecule has 33 heavy (non-hydrogen) atoms. The van der Waals surface area contributed by atoms with Gasteiger partial charge in [-0.15, -0.1) is 0 Å². The van der Waals surface area contributed by atoms with Crippen LogP contribution in [-0.2, 0) is 22.7 Å². The van der Waals surface area contributed by atoms with Crippen LogP contribution in [0.3, 0.4) is 0 Å². The Morgan fingerprint density at radius 3 is 2.33 bits per heavy atom. The molecule has 0 spiro atoms. The Labute approximate surface area is 197 Å². The number of amides is 2. The highest BCUT2D eigenvalue weighted by Gasteiger charge is 2.34. The first-order chi connectivity index (χ1) is 16.0. The largest absolute Gasteiger partial charge is 0.489 e. The van der Waals surface area contributed by atoms with Crippen LogP contribution in [0.1, 0.15) is 29.7 Å². The molecule has 1 atom stereocenters. The van der Waals surface area contributed by atoms with Crippen LogP contribution in [0.4, 0.5) is 4.79 Å². The molecule has 0 aromatic heterocycles. The molecule has 0 fully saturated rings. The molecule has 1 heterocycles. The van der Waals surface area contributed by atoms with Gasteiger partial charge in [0.05, 0.1) is 11.6 Å². The van der Waals surface area contributed by atoms with Crippen molar-refractivity contribution in [1.29, 1.82) is 0 Å². The summed E-state index contributed by atoms with van der Waals surface area (Å²) in [4.78, 5) is 25.3. The molecule has 7 heteroatoms. The predicted octanol–water partition coefficient (Wildman–Crippen LogP) is 5.29. The molecule has 1 unspecified atom stereocenters. The zero-order valence-electron chi connectivity index (χ0n) is 18.0. The molecule has 0 aliphatic carbocycles. The third-order valence-electron chi connectivity index (χ3n) is 5.24. The Morgan fingerprint density at radius 1 is 0.909 bits per heavy atom. The summed E-state index contributed by atoms with van der Waals surface area (Å²) in [5, 5.41) is 6.15. The third-order valence-corrected chi connectivity index (χ3v) is 5.49. The van der Waals surface area contributed by atoms with Gasteiger partial charge in [0.2, 0.25) is 0 Å². The van der Waals surface area contributed by atoms with Crippen LogP contribution in [0.25, 0.3) is 0 Å². The Morgan fingerprint density at radius 2 is 1.58 bits per heavy atom. The van der Waals surface area contributed by atoms with Gasteiger partial charge >= 0.3 is 12.0 Å². The smallest absolute Gasteiger partial charge is 0.338 e. The lowest BCUT2D eigenvalue weighted by atomic mass is 9.95. The van der Waals surface area contributed by atoms with Crippen LogP contribution in [0.15, 0.2) is 90.1 Å². The maximum Gasteiger partial charge on any atom is 0.338 e. The van der Waals surface area contributed by atoms with Crippen molar-refractivity contribution in [3.05, 3.63) is 112 Å². The van der Waals surface area contributed by atoms with Gasteiger partial charge in [0.25, 0.3) is 0 Å². The number of urea groups is 1. The summed E-state index contributed by atoms with van der Waals surface area (Å²) in [5.74, 6) is 0.0437. The number of hydrogen-bond donors (Lipinski definition) is 2. The molecule has 2 amide bonds. The maximum atomic E-state index is 13.1. The zero-order valence-corrected chi connectivity index (χ0v) is 18.8. The zero-order chi connectivity index (χ0) is 23.2. The van der Waals surface area contributed by atoms with Gasteiger partial charge in [-0.2, -0.15) is 0 Å². The van der Waals surface area contributed by atoms with Crippen LogP contribution in [0, 0.1) is 0 Å². The lowest BCUT2D eigenvalue weighted by molar-refractivity contribution is -0.140. The number of nitrogens with one attached hydrogen (secondary N) is 2. The van der Waals surface area contributed by atoms with E-state index in [4.69, 9.17) is 21.1 Å². The quantitative estimate of drug-likeness (QED) is 0.468. The van der Waals surface area contributed by atoms with E-state index in [1.165, 1.54) is 0 Å². The number of esters is 1. The van der Waals surface area contributed by atoms with E-state index in [1.807, 2.05) is 66.7 Å².